The van der Waals surface area contributed by atoms with Crippen LogP contribution in [0, 0.1) is 6.92 Å². The highest BCUT2D eigenvalue weighted by molar-refractivity contribution is 6.04. The minimum absolute atomic E-state index is 0.152. The van der Waals surface area contributed by atoms with E-state index in [1.54, 1.807) is 19.2 Å². The van der Waals surface area contributed by atoms with Gasteiger partial charge in [-0.05, 0) is 60.9 Å². The third-order valence-corrected chi connectivity index (χ3v) is 4.57. The number of para-hydroxylation sites is 1. The highest BCUT2D eigenvalue weighted by atomic mass is 16.5. The van der Waals surface area contributed by atoms with Gasteiger partial charge < -0.3 is 14.8 Å². The van der Waals surface area contributed by atoms with E-state index in [1.165, 1.54) is 0 Å². The van der Waals surface area contributed by atoms with E-state index in [0.29, 0.717) is 17.9 Å². The summed E-state index contributed by atoms with van der Waals surface area (Å²) in [6, 6.07) is 21.1. The van der Waals surface area contributed by atoms with Crippen molar-refractivity contribution in [3.8, 4) is 11.5 Å². The minimum atomic E-state index is -0.152. The number of hydrogen-bond acceptors (Lipinski definition) is 3. The molecule has 3 rings (SSSR count). The molecule has 144 valence electrons. The van der Waals surface area contributed by atoms with Gasteiger partial charge in [0.25, 0.3) is 5.91 Å². The monoisotopic (exact) mass is 375 g/mol. The molecule has 3 aromatic rings. The highest BCUT2D eigenvalue weighted by Gasteiger charge is 2.12. The average molecular weight is 375 g/mol. The first kappa shape index (κ1) is 19.5. The zero-order valence-electron chi connectivity index (χ0n) is 16.5. The lowest BCUT2D eigenvalue weighted by molar-refractivity contribution is 0.102. The molecule has 0 bridgehead atoms. The van der Waals surface area contributed by atoms with Gasteiger partial charge in [0, 0.05) is 16.8 Å². The molecular weight excluding hydrogens is 350 g/mol. The number of anilines is 1. The number of rotatable bonds is 7. The van der Waals surface area contributed by atoms with Crippen molar-refractivity contribution in [2.45, 2.75) is 26.9 Å². The van der Waals surface area contributed by atoms with E-state index in [9.17, 15) is 4.79 Å². The van der Waals surface area contributed by atoms with Gasteiger partial charge in [0.15, 0.2) is 0 Å². The number of nitrogens with one attached hydrogen (secondary N) is 1. The Morgan fingerprint density at radius 2 is 1.79 bits per heavy atom. The second kappa shape index (κ2) is 9.09. The fourth-order valence-corrected chi connectivity index (χ4v) is 3.04. The average Bonchev–Trinajstić information content (AvgIpc) is 2.72. The molecule has 0 fully saturated rings. The molecule has 0 aliphatic heterocycles. The van der Waals surface area contributed by atoms with Gasteiger partial charge in [0.2, 0.25) is 0 Å². The fraction of sp³-hybridized carbons (Fsp3) is 0.208. The number of hydrogen-bond donors (Lipinski definition) is 1. The lowest BCUT2D eigenvalue weighted by atomic mass is 10.1. The van der Waals surface area contributed by atoms with Gasteiger partial charge in [-0.2, -0.15) is 0 Å². The molecule has 1 N–H and O–H groups in total. The van der Waals surface area contributed by atoms with Crippen LogP contribution in [-0.4, -0.2) is 13.0 Å². The molecule has 0 saturated carbocycles. The molecule has 4 nitrogen and oxygen atoms in total. The molecular formula is C24H25NO3. The summed E-state index contributed by atoms with van der Waals surface area (Å²) in [5.41, 5.74) is 4.46. The van der Waals surface area contributed by atoms with Gasteiger partial charge in [-0.15, -0.1) is 0 Å². The number of benzene rings is 3. The molecule has 0 aliphatic rings. The Hall–Kier alpha value is -3.27. The summed E-state index contributed by atoms with van der Waals surface area (Å²) >= 11 is 0. The van der Waals surface area contributed by atoms with E-state index in [-0.39, 0.29) is 5.91 Å². The maximum atomic E-state index is 12.8. The zero-order valence-corrected chi connectivity index (χ0v) is 16.5. The predicted octanol–water partition coefficient (Wildman–Crippen LogP) is 5.40. The maximum absolute atomic E-state index is 12.8. The second-order valence-corrected chi connectivity index (χ2v) is 6.60. The Morgan fingerprint density at radius 1 is 0.964 bits per heavy atom. The van der Waals surface area contributed by atoms with Crippen molar-refractivity contribution in [2.24, 2.45) is 0 Å². The van der Waals surface area contributed by atoms with Crippen LogP contribution < -0.4 is 14.8 Å². The molecule has 0 spiro atoms. The molecule has 28 heavy (non-hydrogen) atoms. The Balaban J connectivity index is 1.78. The van der Waals surface area contributed by atoms with Crippen molar-refractivity contribution in [3.05, 3.63) is 89.0 Å². The number of carbonyl (C=O) groups excluding carboxylic acids is 1. The maximum Gasteiger partial charge on any atom is 0.255 e. The van der Waals surface area contributed by atoms with E-state index in [1.807, 2.05) is 61.5 Å². The first-order valence-electron chi connectivity index (χ1n) is 9.36. The van der Waals surface area contributed by atoms with Crippen molar-refractivity contribution < 1.29 is 14.3 Å². The number of methoxy groups -OCH3 is 1. The summed E-state index contributed by atoms with van der Waals surface area (Å²) in [4.78, 5) is 12.8. The van der Waals surface area contributed by atoms with Crippen molar-refractivity contribution in [3.63, 3.8) is 0 Å². The Bertz CT molecular complexity index is 966. The zero-order chi connectivity index (χ0) is 19.9. The Kier molecular flexibility index (Phi) is 6.33. The SMILES string of the molecule is CCc1ccccc1NC(=O)c1ccc(OC)c(COc2cccc(C)c2)c1. The van der Waals surface area contributed by atoms with Crippen LogP contribution in [0.1, 0.15) is 34.0 Å². The first-order chi connectivity index (χ1) is 13.6. The molecule has 0 saturated heterocycles. The summed E-state index contributed by atoms with van der Waals surface area (Å²) in [5, 5.41) is 3.00. The summed E-state index contributed by atoms with van der Waals surface area (Å²) in [6.07, 6.45) is 0.856. The van der Waals surface area contributed by atoms with Crippen LogP contribution in [0.15, 0.2) is 66.7 Å². The lowest BCUT2D eigenvalue weighted by Gasteiger charge is -2.13. The van der Waals surface area contributed by atoms with Crippen LogP contribution in [0.4, 0.5) is 5.69 Å². The molecule has 0 unspecified atom stereocenters. The third-order valence-electron chi connectivity index (χ3n) is 4.57. The van der Waals surface area contributed by atoms with Gasteiger partial charge in [0.05, 0.1) is 7.11 Å². The number of ether oxygens (including phenoxy) is 2. The van der Waals surface area contributed by atoms with Crippen LogP contribution in [0.25, 0.3) is 0 Å². The number of carbonyl (C=O) groups is 1. The summed E-state index contributed by atoms with van der Waals surface area (Å²) in [7, 11) is 1.61. The summed E-state index contributed by atoms with van der Waals surface area (Å²) < 4.78 is 11.3. The molecule has 0 heterocycles. The van der Waals surface area contributed by atoms with Crippen LogP contribution in [0.5, 0.6) is 11.5 Å². The van der Waals surface area contributed by atoms with Crippen molar-refractivity contribution in [2.75, 3.05) is 12.4 Å². The van der Waals surface area contributed by atoms with Crippen LogP contribution in [0.3, 0.4) is 0 Å². The second-order valence-electron chi connectivity index (χ2n) is 6.60. The third kappa shape index (κ3) is 4.71. The van der Waals surface area contributed by atoms with E-state index >= 15 is 0 Å². The Morgan fingerprint density at radius 3 is 2.54 bits per heavy atom. The molecule has 4 heteroatoms. The molecule has 3 aromatic carbocycles. The summed E-state index contributed by atoms with van der Waals surface area (Å²) in [5.74, 6) is 1.33. The molecule has 1 amide bonds. The van der Waals surface area contributed by atoms with Gasteiger partial charge in [0.1, 0.15) is 18.1 Å². The molecule has 0 atom stereocenters. The first-order valence-corrected chi connectivity index (χ1v) is 9.36. The standard InChI is InChI=1S/C24H25NO3/c1-4-18-9-5-6-11-22(18)25-24(26)19-12-13-23(27-3)20(15-19)16-28-21-10-7-8-17(2)14-21/h5-15H,4,16H2,1-3H3,(H,25,26). The van der Waals surface area contributed by atoms with Crippen LogP contribution in [-0.2, 0) is 13.0 Å². The minimum Gasteiger partial charge on any atom is -0.496 e. The molecule has 0 radical (unpaired) electrons. The predicted molar refractivity (Wildman–Crippen MR) is 112 cm³/mol. The van der Waals surface area contributed by atoms with Crippen LogP contribution in [0.2, 0.25) is 0 Å². The van der Waals surface area contributed by atoms with Gasteiger partial charge in [-0.1, -0.05) is 37.3 Å². The van der Waals surface area contributed by atoms with Crippen molar-refractivity contribution >= 4 is 11.6 Å². The van der Waals surface area contributed by atoms with Gasteiger partial charge >= 0.3 is 0 Å². The van der Waals surface area contributed by atoms with Crippen LogP contribution >= 0.6 is 0 Å². The smallest absolute Gasteiger partial charge is 0.255 e. The largest absolute Gasteiger partial charge is 0.496 e. The quantitative estimate of drug-likeness (QED) is 0.602. The van der Waals surface area contributed by atoms with E-state index < -0.39 is 0 Å². The van der Waals surface area contributed by atoms with E-state index in [0.717, 1.165) is 34.5 Å². The lowest BCUT2D eigenvalue weighted by Crippen LogP contribution is -2.14. The van der Waals surface area contributed by atoms with E-state index in [2.05, 4.69) is 12.2 Å². The normalized spacial score (nSPS) is 10.4. The Labute approximate surface area is 166 Å². The molecule has 0 aromatic heterocycles. The summed E-state index contributed by atoms with van der Waals surface area (Å²) in [6.45, 7) is 4.41. The highest BCUT2D eigenvalue weighted by Crippen LogP contribution is 2.24. The van der Waals surface area contributed by atoms with Gasteiger partial charge in [-0.25, -0.2) is 0 Å². The van der Waals surface area contributed by atoms with E-state index in [4.69, 9.17) is 9.47 Å². The number of aryl methyl sites for hydroxylation is 2. The number of amides is 1. The topological polar surface area (TPSA) is 47.6 Å². The van der Waals surface area contributed by atoms with Gasteiger partial charge in [-0.3, -0.25) is 4.79 Å². The van der Waals surface area contributed by atoms with Crippen molar-refractivity contribution in [1.29, 1.82) is 0 Å². The van der Waals surface area contributed by atoms with Crippen molar-refractivity contribution in [1.82, 2.24) is 0 Å². The molecule has 0 aliphatic carbocycles. The fourth-order valence-electron chi connectivity index (χ4n) is 3.04.